The smallest absolute Gasteiger partial charge is 0.319 e. The largest absolute Gasteiger partial charge is 0.368 e. The molecule has 2 saturated heterocycles. The topological polar surface area (TPSA) is 149 Å². The number of anilines is 3. The molecule has 11 nitrogen and oxygen atoms in total. The molecule has 1 atom stereocenters. The van der Waals surface area contributed by atoms with Crippen LogP contribution in [-0.4, -0.2) is 74.0 Å². The van der Waals surface area contributed by atoms with Gasteiger partial charge in [-0.25, -0.2) is 4.79 Å². The molecule has 0 aromatic heterocycles. The van der Waals surface area contributed by atoms with Gasteiger partial charge in [0.15, 0.2) is 0 Å². The third kappa shape index (κ3) is 9.88. The van der Waals surface area contributed by atoms with Crippen LogP contribution in [-0.2, 0) is 27.2 Å². The van der Waals surface area contributed by atoms with E-state index in [2.05, 4.69) is 38.3 Å². The molecule has 276 valence electrons. The van der Waals surface area contributed by atoms with Crippen LogP contribution in [0.25, 0.3) is 10.8 Å². The number of amides is 5. The summed E-state index contributed by atoms with van der Waals surface area (Å²) in [7, 11) is 0. The Labute approximate surface area is 308 Å². The molecule has 0 spiro atoms. The zero-order valence-corrected chi connectivity index (χ0v) is 29.6. The number of rotatable bonds is 12. The van der Waals surface area contributed by atoms with Gasteiger partial charge in [-0.2, -0.15) is 0 Å². The first-order valence-electron chi connectivity index (χ1n) is 18.4. The van der Waals surface area contributed by atoms with Gasteiger partial charge < -0.3 is 36.8 Å². The van der Waals surface area contributed by atoms with Gasteiger partial charge in [0.1, 0.15) is 6.04 Å². The molecule has 6 N–H and O–H groups in total. The van der Waals surface area contributed by atoms with Crippen molar-refractivity contribution in [3.05, 3.63) is 102 Å². The van der Waals surface area contributed by atoms with Crippen molar-refractivity contribution in [3.63, 3.8) is 0 Å². The standard InChI is InChI=1S/C41H49N7O4.2H2/c42-39(50)36(27-30-14-15-31-11-4-5-12-33(31)26-30)46-41(52)44-34-16-17-37(35(28-34)45-38(49)13-6-10-29-8-2-1-3-9-29)47-22-7-23-48(25-24-47)40(51)32-18-20-43-21-19-32;;/h1-5,8-9,11-12,14-17,26,28,32,36,43H,6-7,10,13,18-25,27H2,(H2,42,50)(H,45,49)(H2,44,46,52);2*1H. The second-order valence-electron chi connectivity index (χ2n) is 13.7. The molecule has 2 aliphatic rings. The Morgan fingerprint density at radius 1 is 0.808 bits per heavy atom. The van der Waals surface area contributed by atoms with Crippen LogP contribution in [0.3, 0.4) is 0 Å². The molecule has 11 heteroatoms. The Kier molecular flexibility index (Phi) is 12.4. The van der Waals surface area contributed by atoms with Crippen LogP contribution in [0.5, 0.6) is 0 Å². The number of nitrogens with one attached hydrogen (secondary N) is 4. The molecule has 2 heterocycles. The summed E-state index contributed by atoms with van der Waals surface area (Å²) in [4.78, 5) is 56.5. The highest BCUT2D eigenvalue weighted by Gasteiger charge is 2.28. The van der Waals surface area contributed by atoms with E-state index in [9.17, 15) is 19.2 Å². The van der Waals surface area contributed by atoms with Gasteiger partial charge in [0.05, 0.1) is 11.4 Å². The van der Waals surface area contributed by atoms with Gasteiger partial charge in [0.25, 0.3) is 0 Å². The maximum absolute atomic E-state index is 13.3. The number of hydrogen-bond donors (Lipinski definition) is 5. The monoisotopic (exact) mass is 707 g/mol. The Morgan fingerprint density at radius 2 is 1.58 bits per heavy atom. The number of primary amides is 1. The van der Waals surface area contributed by atoms with Crippen LogP contribution in [0.4, 0.5) is 21.9 Å². The minimum Gasteiger partial charge on any atom is -0.368 e. The fourth-order valence-electron chi connectivity index (χ4n) is 7.16. The Bertz CT molecular complexity index is 1870. The molecule has 0 radical (unpaired) electrons. The van der Waals surface area contributed by atoms with Crippen molar-refractivity contribution in [3.8, 4) is 0 Å². The highest BCUT2D eigenvalue weighted by Crippen LogP contribution is 2.31. The van der Waals surface area contributed by atoms with Crippen LogP contribution < -0.4 is 31.9 Å². The molecule has 52 heavy (non-hydrogen) atoms. The number of aryl methyl sites for hydroxylation is 1. The minimum atomic E-state index is -0.933. The van der Waals surface area contributed by atoms with E-state index in [4.69, 9.17) is 5.73 Å². The van der Waals surface area contributed by atoms with Crippen molar-refractivity contribution < 1.29 is 22.0 Å². The summed E-state index contributed by atoms with van der Waals surface area (Å²) in [6.07, 6.45) is 4.58. The molecule has 0 aliphatic carbocycles. The number of piperidine rings is 1. The third-order valence-corrected chi connectivity index (χ3v) is 9.98. The van der Waals surface area contributed by atoms with Crippen molar-refractivity contribution in [1.82, 2.24) is 15.5 Å². The number of nitrogens with two attached hydrogens (primary N) is 1. The lowest BCUT2D eigenvalue weighted by Gasteiger charge is -2.29. The Balaban J connectivity index is 0.00000325. The number of nitrogens with zero attached hydrogens (tertiary/aromatic N) is 2. The van der Waals surface area contributed by atoms with E-state index < -0.39 is 18.0 Å². The van der Waals surface area contributed by atoms with Crippen molar-refractivity contribution in [2.75, 3.05) is 54.8 Å². The predicted molar refractivity (Wildman–Crippen MR) is 210 cm³/mol. The van der Waals surface area contributed by atoms with Crippen molar-refractivity contribution >= 4 is 51.6 Å². The summed E-state index contributed by atoms with van der Waals surface area (Å²) in [6, 6.07) is 27.8. The molecule has 6 rings (SSSR count). The van der Waals surface area contributed by atoms with Crippen LogP contribution in [0, 0.1) is 5.92 Å². The maximum atomic E-state index is 13.3. The number of benzene rings is 4. The van der Waals surface area contributed by atoms with Crippen molar-refractivity contribution in [1.29, 1.82) is 0 Å². The first-order chi connectivity index (χ1) is 25.3. The summed E-state index contributed by atoms with van der Waals surface area (Å²) in [5.74, 6) is -0.469. The lowest BCUT2D eigenvalue weighted by atomic mass is 9.96. The summed E-state index contributed by atoms with van der Waals surface area (Å²) in [6.45, 7) is 4.38. The third-order valence-electron chi connectivity index (χ3n) is 9.98. The van der Waals surface area contributed by atoms with E-state index in [0.29, 0.717) is 43.9 Å². The predicted octanol–water partition coefficient (Wildman–Crippen LogP) is 5.55. The van der Waals surface area contributed by atoms with Gasteiger partial charge in [-0.05, 0) is 85.3 Å². The van der Waals surface area contributed by atoms with E-state index in [1.807, 2.05) is 71.6 Å². The molecular weight excluding hydrogens is 654 g/mol. The van der Waals surface area contributed by atoms with Gasteiger partial charge in [-0.3, -0.25) is 14.4 Å². The molecule has 4 aromatic carbocycles. The van der Waals surface area contributed by atoms with Crippen LogP contribution >= 0.6 is 0 Å². The van der Waals surface area contributed by atoms with Gasteiger partial charge in [0, 0.05) is 53.5 Å². The van der Waals surface area contributed by atoms with E-state index in [-0.39, 0.29) is 27.0 Å². The highest BCUT2D eigenvalue weighted by molar-refractivity contribution is 5.98. The molecule has 4 aromatic rings. The SMILES string of the molecule is NC(=O)C(Cc1ccc2ccccc2c1)NC(=O)Nc1ccc(N2CCCN(C(=O)C3CCNCC3)CC2)c(NC(=O)CCCc2ccccc2)c1.[HH].[HH]. The first-order valence-corrected chi connectivity index (χ1v) is 18.4. The Hall–Kier alpha value is -5.42. The lowest BCUT2D eigenvalue weighted by molar-refractivity contribution is -0.136. The van der Waals surface area contributed by atoms with Gasteiger partial charge in [-0.15, -0.1) is 0 Å². The molecule has 5 amide bonds. The molecule has 2 fully saturated rings. The van der Waals surface area contributed by atoms with E-state index in [1.165, 1.54) is 5.56 Å². The van der Waals surface area contributed by atoms with Gasteiger partial charge in [-0.1, -0.05) is 72.8 Å². The molecule has 0 bridgehead atoms. The molecule has 1 unspecified atom stereocenters. The fourth-order valence-corrected chi connectivity index (χ4v) is 7.16. The second-order valence-corrected chi connectivity index (χ2v) is 13.7. The average molecular weight is 708 g/mol. The summed E-state index contributed by atoms with van der Waals surface area (Å²) < 4.78 is 0. The van der Waals surface area contributed by atoms with Gasteiger partial charge >= 0.3 is 6.03 Å². The van der Waals surface area contributed by atoms with Crippen LogP contribution in [0.2, 0.25) is 0 Å². The second kappa shape index (κ2) is 17.7. The normalized spacial score (nSPS) is 15.8. The van der Waals surface area contributed by atoms with Crippen LogP contribution in [0.15, 0.2) is 91.0 Å². The van der Waals surface area contributed by atoms with Crippen LogP contribution in [0.1, 0.15) is 46.1 Å². The average Bonchev–Trinajstić information content (AvgIpc) is 3.41. The molecule has 0 saturated carbocycles. The van der Waals surface area contributed by atoms with E-state index in [1.54, 1.807) is 12.1 Å². The zero-order chi connectivity index (χ0) is 36.3. The quantitative estimate of drug-likeness (QED) is 0.130. The number of carbonyl (C=O) groups excluding carboxylic acids is 4. The highest BCUT2D eigenvalue weighted by atomic mass is 16.2. The zero-order valence-electron chi connectivity index (χ0n) is 29.6. The van der Waals surface area contributed by atoms with Crippen molar-refractivity contribution in [2.24, 2.45) is 11.7 Å². The molecule has 2 aliphatic heterocycles. The maximum Gasteiger partial charge on any atom is 0.319 e. The summed E-state index contributed by atoms with van der Waals surface area (Å²) in [5, 5.41) is 14.1. The number of urea groups is 1. The number of fused-ring (bicyclic) bond motifs is 1. The summed E-state index contributed by atoms with van der Waals surface area (Å²) in [5.41, 5.74) is 9.62. The number of carbonyl (C=O) groups is 4. The minimum absolute atomic E-state index is 0. The summed E-state index contributed by atoms with van der Waals surface area (Å²) >= 11 is 0. The van der Waals surface area contributed by atoms with Crippen molar-refractivity contribution in [2.45, 2.75) is 51.0 Å². The first kappa shape index (κ1) is 36.4. The lowest BCUT2D eigenvalue weighted by Crippen LogP contribution is -2.47. The van der Waals surface area contributed by atoms with E-state index >= 15 is 0 Å². The molecular formula is C41H53N7O4. The fraction of sp³-hybridized carbons (Fsp3) is 0.366. The Morgan fingerprint density at radius 3 is 2.37 bits per heavy atom. The van der Waals surface area contributed by atoms with Gasteiger partial charge in [0.2, 0.25) is 17.7 Å². The number of hydrogen-bond acceptors (Lipinski definition) is 6. The van der Waals surface area contributed by atoms with E-state index in [0.717, 1.165) is 67.3 Å².